The maximum Gasteiger partial charge on any atom is 0.233 e. The van der Waals surface area contributed by atoms with Crippen LogP contribution in [0.5, 0.6) is 5.75 Å². The van der Waals surface area contributed by atoms with Crippen molar-refractivity contribution in [3.63, 3.8) is 0 Å². The van der Waals surface area contributed by atoms with E-state index < -0.39 is 0 Å². The van der Waals surface area contributed by atoms with Gasteiger partial charge < -0.3 is 10.1 Å². The topological polar surface area (TPSA) is 79.9 Å². The van der Waals surface area contributed by atoms with Crippen LogP contribution < -0.4 is 10.1 Å². The van der Waals surface area contributed by atoms with Gasteiger partial charge in [-0.3, -0.25) is 9.89 Å². The molecule has 0 aliphatic rings. The second kappa shape index (κ2) is 7.84. The van der Waals surface area contributed by atoms with Crippen molar-refractivity contribution in [3.8, 4) is 5.75 Å². The van der Waals surface area contributed by atoms with Crippen LogP contribution in [-0.2, 0) is 11.4 Å². The Morgan fingerprint density at radius 2 is 2.23 bits per heavy atom. The number of aryl methyl sites for hydroxylation is 1. The van der Waals surface area contributed by atoms with E-state index in [0.29, 0.717) is 24.1 Å². The van der Waals surface area contributed by atoms with Gasteiger partial charge in [0.15, 0.2) is 5.82 Å². The zero-order valence-electron chi connectivity index (χ0n) is 12.9. The van der Waals surface area contributed by atoms with Crippen LogP contribution in [0.1, 0.15) is 25.2 Å². The van der Waals surface area contributed by atoms with Gasteiger partial charge in [0.05, 0.1) is 5.25 Å². The van der Waals surface area contributed by atoms with Crippen LogP contribution in [0.25, 0.3) is 0 Å². The summed E-state index contributed by atoms with van der Waals surface area (Å²) in [7, 11) is 0. The summed E-state index contributed by atoms with van der Waals surface area (Å²) >= 11 is 1.32. The van der Waals surface area contributed by atoms with E-state index in [9.17, 15) is 4.79 Å². The fourth-order valence-corrected chi connectivity index (χ4v) is 2.56. The predicted molar refractivity (Wildman–Crippen MR) is 85.9 cm³/mol. The summed E-state index contributed by atoms with van der Waals surface area (Å²) in [5.74, 6) is 1.44. The second-order valence-electron chi connectivity index (χ2n) is 4.77. The third-order valence-electron chi connectivity index (χ3n) is 2.97. The van der Waals surface area contributed by atoms with Gasteiger partial charge in [0, 0.05) is 6.54 Å². The van der Waals surface area contributed by atoms with E-state index in [1.54, 1.807) is 0 Å². The van der Waals surface area contributed by atoms with Crippen LogP contribution in [-0.4, -0.2) is 32.9 Å². The quantitative estimate of drug-likeness (QED) is 0.765. The highest BCUT2D eigenvalue weighted by molar-refractivity contribution is 8.00. The van der Waals surface area contributed by atoms with E-state index in [1.165, 1.54) is 11.8 Å². The van der Waals surface area contributed by atoms with Crippen molar-refractivity contribution >= 4 is 17.7 Å². The molecule has 1 atom stereocenters. The van der Waals surface area contributed by atoms with Crippen molar-refractivity contribution in [2.75, 3.05) is 6.54 Å². The summed E-state index contributed by atoms with van der Waals surface area (Å²) in [5, 5.41) is 10.0. The van der Waals surface area contributed by atoms with Crippen molar-refractivity contribution < 1.29 is 9.53 Å². The number of carbonyl (C=O) groups is 1. The van der Waals surface area contributed by atoms with Crippen molar-refractivity contribution in [3.05, 3.63) is 35.7 Å². The van der Waals surface area contributed by atoms with Gasteiger partial charge in [-0.05, 0) is 32.4 Å². The van der Waals surface area contributed by atoms with Crippen LogP contribution in [0.4, 0.5) is 0 Å². The third kappa shape index (κ3) is 4.49. The van der Waals surface area contributed by atoms with E-state index in [4.69, 9.17) is 4.74 Å². The number of aromatic nitrogens is 3. The Kier molecular flexibility index (Phi) is 5.83. The van der Waals surface area contributed by atoms with E-state index in [2.05, 4.69) is 20.5 Å². The Bertz CT molecular complexity index is 630. The lowest BCUT2D eigenvalue weighted by molar-refractivity contribution is -0.120. The molecule has 0 aliphatic heterocycles. The Labute approximate surface area is 134 Å². The molecule has 0 fully saturated rings. The Morgan fingerprint density at radius 3 is 2.95 bits per heavy atom. The highest BCUT2D eigenvalue weighted by Crippen LogP contribution is 2.20. The maximum absolute atomic E-state index is 11.7. The molecule has 118 valence electrons. The first-order chi connectivity index (χ1) is 10.6. The van der Waals surface area contributed by atoms with Gasteiger partial charge in [-0.1, -0.05) is 30.0 Å². The molecule has 0 bridgehead atoms. The molecule has 0 saturated heterocycles. The van der Waals surface area contributed by atoms with Crippen molar-refractivity contribution in [1.29, 1.82) is 0 Å². The summed E-state index contributed by atoms with van der Waals surface area (Å²) in [6, 6.07) is 7.80. The number of carbonyl (C=O) groups excluding carboxylic acids is 1. The molecule has 2 aromatic rings. The molecule has 6 nitrogen and oxygen atoms in total. The molecule has 0 saturated carbocycles. The summed E-state index contributed by atoms with van der Waals surface area (Å²) in [5.41, 5.74) is 1.07. The number of amides is 1. The fraction of sp³-hybridized carbons (Fsp3) is 0.400. The van der Waals surface area contributed by atoms with Crippen molar-refractivity contribution in [2.24, 2.45) is 0 Å². The molecule has 0 spiro atoms. The summed E-state index contributed by atoms with van der Waals surface area (Å²) < 4.78 is 5.70. The van der Waals surface area contributed by atoms with E-state index in [-0.39, 0.29) is 11.2 Å². The lowest BCUT2D eigenvalue weighted by atomic mass is 10.2. The summed E-state index contributed by atoms with van der Waals surface area (Å²) in [4.78, 5) is 16.0. The number of para-hydroxylation sites is 1. The number of rotatable bonds is 7. The first kappa shape index (κ1) is 16.4. The molecule has 1 heterocycles. The smallest absolute Gasteiger partial charge is 0.233 e. The van der Waals surface area contributed by atoms with E-state index >= 15 is 0 Å². The number of thioether (sulfide) groups is 1. The van der Waals surface area contributed by atoms with Gasteiger partial charge in [-0.25, -0.2) is 4.98 Å². The molecular formula is C15H20N4O2S. The normalized spacial score (nSPS) is 12.0. The van der Waals surface area contributed by atoms with Crippen LogP contribution in [0.2, 0.25) is 0 Å². The fourth-order valence-electron chi connectivity index (χ4n) is 1.79. The lowest BCUT2D eigenvalue weighted by Gasteiger charge is -2.07. The zero-order valence-corrected chi connectivity index (χ0v) is 13.7. The number of H-pyrrole nitrogens is 1. The standard InChI is InChI=1S/C15H20N4O2S/c1-4-16-14(20)11(3)22-15-17-13(18-19-15)9-21-12-8-6-5-7-10(12)2/h5-8,11H,4,9H2,1-3H3,(H,16,20)(H,17,18,19)/t11-/m0/s1. The van der Waals surface area contributed by atoms with Gasteiger partial charge in [-0.15, -0.1) is 5.10 Å². The van der Waals surface area contributed by atoms with Gasteiger partial charge >= 0.3 is 0 Å². The number of ether oxygens (including phenoxy) is 1. The maximum atomic E-state index is 11.7. The second-order valence-corrected chi connectivity index (χ2v) is 6.08. The number of hydrogen-bond donors (Lipinski definition) is 2. The van der Waals surface area contributed by atoms with Gasteiger partial charge in [0.25, 0.3) is 0 Å². The SMILES string of the molecule is CCNC(=O)[C@H](C)Sc1n[nH]c(COc2ccccc2C)n1. The van der Waals surface area contributed by atoms with Crippen molar-refractivity contribution in [2.45, 2.75) is 37.8 Å². The minimum Gasteiger partial charge on any atom is -0.485 e. The van der Waals surface area contributed by atoms with E-state index in [0.717, 1.165) is 11.3 Å². The average Bonchev–Trinajstić information content (AvgIpc) is 2.94. The molecular weight excluding hydrogens is 300 g/mol. The molecule has 1 aromatic heterocycles. The molecule has 0 unspecified atom stereocenters. The number of nitrogens with one attached hydrogen (secondary N) is 2. The molecule has 2 rings (SSSR count). The first-order valence-corrected chi connectivity index (χ1v) is 8.02. The van der Waals surface area contributed by atoms with Crippen LogP contribution in [0.15, 0.2) is 29.4 Å². The molecule has 0 aliphatic carbocycles. The molecule has 7 heteroatoms. The number of nitrogens with zero attached hydrogens (tertiary/aromatic N) is 2. The third-order valence-corrected chi connectivity index (χ3v) is 3.93. The Morgan fingerprint density at radius 1 is 1.45 bits per heavy atom. The summed E-state index contributed by atoms with van der Waals surface area (Å²) in [6.45, 7) is 6.64. The molecule has 2 N–H and O–H groups in total. The van der Waals surface area contributed by atoms with Crippen molar-refractivity contribution in [1.82, 2.24) is 20.5 Å². The summed E-state index contributed by atoms with van der Waals surface area (Å²) in [6.07, 6.45) is 0. The largest absolute Gasteiger partial charge is 0.485 e. The molecule has 1 amide bonds. The number of hydrogen-bond acceptors (Lipinski definition) is 5. The highest BCUT2D eigenvalue weighted by Gasteiger charge is 2.16. The molecule has 0 radical (unpaired) electrons. The Balaban J connectivity index is 1.89. The van der Waals surface area contributed by atoms with Crippen LogP contribution in [0, 0.1) is 6.92 Å². The number of benzene rings is 1. The molecule has 22 heavy (non-hydrogen) atoms. The van der Waals surface area contributed by atoms with Crippen LogP contribution >= 0.6 is 11.8 Å². The van der Waals surface area contributed by atoms with E-state index in [1.807, 2.05) is 45.0 Å². The minimum atomic E-state index is -0.235. The predicted octanol–water partition coefficient (Wildman–Crippen LogP) is 2.31. The monoisotopic (exact) mass is 320 g/mol. The van der Waals surface area contributed by atoms with Crippen LogP contribution in [0.3, 0.4) is 0 Å². The van der Waals surface area contributed by atoms with Gasteiger partial charge in [0.1, 0.15) is 12.4 Å². The number of aromatic amines is 1. The van der Waals surface area contributed by atoms with Gasteiger partial charge in [0.2, 0.25) is 11.1 Å². The Hall–Kier alpha value is -2.02. The first-order valence-electron chi connectivity index (χ1n) is 7.14. The van der Waals surface area contributed by atoms with Gasteiger partial charge in [-0.2, -0.15) is 0 Å². The average molecular weight is 320 g/mol. The highest BCUT2D eigenvalue weighted by atomic mass is 32.2. The minimum absolute atomic E-state index is 0.0185. The lowest BCUT2D eigenvalue weighted by Crippen LogP contribution is -2.30. The molecule has 1 aromatic carbocycles. The zero-order chi connectivity index (χ0) is 15.9.